The first-order valence-electron chi connectivity index (χ1n) is 8.80. The molecule has 1 aromatic heterocycles. The van der Waals surface area contributed by atoms with E-state index in [9.17, 15) is 9.59 Å². The van der Waals surface area contributed by atoms with Gasteiger partial charge in [0.05, 0.1) is 18.3 Å². The quantitative estimate of drug-likeness (QED) is 0.794. The average molecular weight is 340 g/mol. The Bertz CT molecular complexity index is 737. The Morgan fingerprint density at radius 1 is 1.20 bits per heavy atom. The SMILES string of the molecule is CCC(NC(=O)C(=O)Nc1ccnn1C(C)C1CC1)c1ccccc1. The number of nitrogens with one attached hydrogen (secondary N) is 2. The smallest absolute Gasteiger partial charge is 0.314 e. The number of amides is 2. The molecule has 1 heterocycles. The molecular weight excluding hydrogens is 316 g/mol. The van der Waals surface area contributed by atoms with Gasteiger partial charge in [-0.2, -0.15) is 5.10 Å². The van der Waals surface area contributed by atoms with Crippen LogP contribution in [-0.4, -0.2) is 21.6 Å². The van der Waals surface area contributed by atoms with Gasteiger partial charge >= 0.3 is 11.8 Å². The molecule has 2 amide bonds. The van der Waals surface area contributed by atoms with Crippen molar-refractivity contribution >= 4 is 17.6 Å². The molecule has 1 aliphatic rings. The number of aromatic nitrogens is 2. The van der Waals surface area contributed by atoms with Crippen molar-refractivity contribution < 1.29 is 9.59 Å². The van der Waals surface area contributed by atoms with Gasteiger partial charge in [0.2, 0.25) is 0 Å². The van der Waals surface area contributed by atoms with Gasteiger partial charge < -0.3 is 10.6 Å². The number of hydrogen-bond acceptors (Lipinski definition) is 3. The van der Waals surface area contributed by atoms with Crippen LogP contribution < -0.4 is 10.6 Å². The van der Waals surface area contributed by atoms with Gasteiger partial charge in [-0.1, -0.05) is 37.3 Å². The lowest BCUT2D eigenvalue weighted by Crippen LogP contribution is -2.38. The molecule has 2 N–H and O–H groups in total. The van der Waals surface area contributed by atoms with Crippen molar-refractivity contribution in [2.75, 3.05) is 5.32 Å². The molecule has 25 heavy (non-hydrogen) atoms. The van der Waals surface area contributed by atoms with Crippen LogP contribution in [0, 0.1) is 5.92 Å². The van der Waals surface area contributed by atoms with E-state index in [4.69, 9.17) is 0 Å². The molecular formula is C19H24N4O2. The summed E-state index contributed by atoms with van der Waals surface area (Å²) in [5, 5.41) is 9.77. The predicted molar refractivity (Wildman–Crippen MR) is 95.9 cm³/mol. The Morgan fingerprint density at radius 3 is 2.56 bits per heavy atom. The Labute approximate surface area is 147 Å². The molecule has 0 aliphatic heterocycles. The highest BCUT2D eigenvalue weighted by molar-refractivity contribution is 6.39. The van der Waals surface area contributed by atoms with Crippen LogP contribution in [-0.2, 0) is 9.59 Å². The molecule has 1 aromatic carbocycles. The second kappa shape index (κ2) is 7.51. The fourth-order valence-corrected chi connectivity index (χ4v) is 3.02. The van der Waals surface area contributed by atoms with Crippen LogP contribution in [0.2, 0.25) is 0 Å². The third kappa shape index (κ3) is 4.07. The third-order valence-electron chi connectivity index (χ3n) is 4.72. The van der Waals surface area contributed by atoms with Crippen LogP contribution in [0.1, 0.15) is 50.8 Å². The van der Waals surface area contributed by atoms with Crippen LogP contribution in [0.5, 0.6) is 0 Å². The largest absolute Gasteiger partial charge is 0.341 e. The monoisotopic (exact) mass is 340 g/mol. The summed E-state index contributed by atoms with van der Waals surface area (Å²) in [4.78, 5) is 24.6. The zero-order valence-corrected chi connectivity index (χ0v) is 14.6. The molecule has 2 aromatic rings. The summed E-state index contributed by atoms with van der Waals surface area (Å²) < 4.78 is 1.79. The second-order valence-corrected chi connectivity index (χ2v) is 6.54. The highest BCUT2D eigenvalue weighted by Gasteiger charge is 2.31. The van der Waals surface area contributed by atoms with Gasteiger partial charge in [-0.3, -0.25) is 9.59 Å². The minimum atomic E-state index is -0.667. The van der Waals surface area contributed by atoms with Crippen LogP contribution in [0.3, 0.4) is 0 Å². The predicted octanol–water partition coefficient (Wildman–Crippen LogP) is 3.06. The van der Waals surface area contributed by atoms with Crippen molar-refractivity contribution in [2.45, 2.75) is 45.2 Å². The number of carbonyl (C=O) groups is 2. The lowest BCUT2D eigenvalue weighted by Gasteiger charge is -2.18. The van der Waals surface area contributed by atoms with E-state index in [1.807, 2.05) is 37.3 Å². The topological polar surface area (TPSA) is 76.0 Å². The number of anilines is 1. The number of nitrogens with zero attached hydrogens (tertiary/aromatic N) is 2. The molecule has 2 unspecified atom stereocenters. The Morgan fingerprint density at radius 2 is 1.92 bits per heavy atom. The number of hydrogen-bond donors (Lipinski definition) is 2. The molecule has 3 rings (SSSR count). The summed E-state index contributed by atoms with van der Waals surface area (Å²) >= 11 is 0. The molecule has 6 heteroatoms. The fourth-order valence-electron chi connectivity index (χ4n) is 3.02. The Balaban J connectivity index is 1.63. The summed E-state index contributed by atoms with van der Waals surface area (Å²) in [6.07, 6.45) is 4.72. The maximum atomic E-state index is 12.3. The van der Waals surface area contributed by atoms with Gasteiger partial charge in [0.25, 0.3) is 0 Å². The van der Waals surface area contributed by atoms with E-state index in [-0.39, 0.29) is 12.1 Å². The normalized spacial score (nSPS) is 16.1. The van der Waals surface area contributed by atoms with Gasteiger partial charge in [-0.25, -0.2) is 4.68 Å². The van der Waals surface area contributed by atoms with E-state index in [0.717, 1.165) is 5.56 Å². The highest BCUT2D eigenvalue weighted by atomic mass is 16.2. The molecule has 1 saturated carbocycles. The van der Waals surface area contributed by atoms with E-state index in [1.165, 1.54) is 12.8 Å². The minimum Gasteiger partial charge on any atom is -0.341 e. The molecule has 1 aliphatic carbocycles. The summed E-state index contributed by atoms with van der Waals surface area (Å²) in [5.74, 6) is -0.138. The molecule has 0 bridgehead atoms. The second-order valence-electron chi connectivity index (χ2n) is 6.54. The lowest BCUT2D eigenvalue weighted by molar-refractivity contribution is -0.136. The molecule has 0 spiro atoms. The summed E-state index contributed by atoms with van der Waals surface area (Å²) in [5.41, 5.74) is 0.985. The first-order chi connectivity index (χ1) is 12.1. The minimum absolute atomic E-state index is 0.185. The average Bonchev–Trinajstić information content (AvgIpc) is 3.39. The van der Waals surface area contributed by atoms with Crippen molar-refractivity contribution in [3.8, 4) is 0 Å². The van der Waals surface area contributed by atoms with Crippen molar-refractivity contribution in [3.05, 3.63) is 48.2 Å². The molecule has 0 radical (unpaired) electrons. The van der Waals surface area contributed by atoms with Crippen LogP contribution >= 0.6 is 0 Å². The molecule has 2 atom stereocenters. The van der Waals surface area contributed by atoms with E-state index < -0.39 is 11.8 Å². The molecule has 1 fully saturated rings. The fraction of sp³-hybridized carbons (Fsp3) is 0.421. The maximum absolute atomic E-state index is 12.3. The Hall–Kier alpha value is -2.63. The third-order valence-corrected chi connectivity index (χ3v) is 4.72. The summed E-state index contributed by atoms with van der Waals surface area (Å²) in [7, 11) is 0. The van der Waals surface area contributed by atoms with Gasteiger partial charge in [0.1, 0.15) is 5.82 Å². The van der Waals surface area contributed by atoms with Crippen molar-refractivity contribution in [3.63, 3.8) is 0 Å². The number of carbonyl (C=O) groups excluding carboxylic acids is 2. The number of rotatable bonds is 6. The van der Waals surface area contributed by atoms with E-state index >= 15 is 0 Å². The van der Waals surface area contributed by atoms with Gasteiger partial charge in [0.15, 0.2) is 0 Å². The summed E-state index contributed by atoms with van der Waals surface area (Å²) in [6, 6.07) is 11.4. The van der Waals surface area contributed by atoms with E-state index in [0.29, 0.717) is 18.2 Å². The van der Waals surface area contributed by atoms with Gasteiger partial charge in [-0.15, -0.1) is 0 Å². The first-order valence-corrected chi connectivity index (χ1v) is 8.80. The van der Waals surface area contributed by atoms with Crippen molar-refractivity contribution in [1.29, 1.82) is 0 Å². The standard InChI is InChI=1S/C19H24N4O2/c1-3-16(15-7-5-4-6-8-15)21-18(24)19(25)22-17-11-12-20-23(17)13(2)14-9-10-14/h4-8,11-14,16H,3,9-10H2,1-2H3,(H,21,24)(H,22,25). The van der Waals surface area contributed by atoms with Gasteiger partial charge in [-0.05, 0) is 37.7 Å². The highest BCUT2D eigenvalue weighted by Crippen LogP contribution is 2.40. The zero-order chi connectivity index (χ0) is 17.8. The van der Waals surface area contributed by atoms with E-state index in [2.05, 4.69) is 22.7 Å². The van der Waals surface area contributed by atoms with E-state index in [1.54, 1.807) is 16.9 Å². The first kappa shape index (κ1) is 17.2. The number of benzene rings is 1. The van der Waals surface area contributed by atoms with Crippen molar-refractivity contribution in [1.82, 2.24) is 15.1 Å². The lowest BCUT2D eigenvalue weighted by atomic mass is 10.0. The maximum Gasteiger partial charge on any atom is 0.314 e. The van der Waals surface area contributed by atoms with Crippen molar-refractivity contribution in [2.24, 2.45) is 5.92 Å². The molecule has 0 saturated heterocycles. The van der Waals surface area contributed by atoms with Crippen LogP contribution in [0.4, 0.5) is 5.82 Å². The molecule has 6 nitrogen and oxygen atoms in total. The molecule has 132 valence electrons. The van der Waals surface area contributed by atoms with Gasteiger partial charge in [0, 0.05) is 6.07 Å². The van der Waals surface area contributed by atoms with Crippen LogP contribution in [0.15, 0.2) is 42.6 Å². The Kier molecular flexibility index (Phi) is 5.16. The summed E-state index contributed by atoms with van der Waals surface area (Å²) in [6.45, 7) is 4.06. The zero-order valence-electron chi connectivity index (χ0n) is 14.6. The van der Waals surface area contributed by atoms with Crippen LogP contribution in [0.25, 0.3) is 0 Å².